The number of thiazole rings is 1. The zero-order valence-electron chi connectivity index (χ0n) is 4.91. The molecule has 2 N–H and O–H groups in total. The highest BCUT2D eigenvalue weighted by Crippen LogP contribution is 2.04. The summed E-state index contributed by atoms with van der Waals surface area (Å²) in [5.41, 5.74) is 1.80. The third kappa shape index (κ3) is 2.09. The van der Waals surface area contributed by atoms with Crippen LogP contribution in [-0.4, -0.2) is 11.6 Å². The van der Waals surface area contributed by atoms with Gasteiger partial charge in [-0.15, -0.1) is 11.3 Å². The fourth-order valence-corrected chi connectivity index (χ4v) is 1.11. The van der Waals surface area contributed by atoms with Crippen molar-refractivity contribution >= 4 is 11.3 Å². The van der Waals surface area contributed by atoms with Gasteiger partial charge in [0.1, 0.15) is 0 Å². The van der Waals surface area contributed by atoms with Crippen LogP contribution >= 0.6 is 11.3 Å². The fraction of sp³-hybridized carbons (Fsp3) is 0.400. The number of nitrogens with two attached hydrogens (primary N) is 1. The number of hydrogen-bond acceptors (Lipinski definition) is 4. The molecule has 1 heterocycles. The minimum atomic E-state index is 0.572. The smallest absolute Gasteiger partial charge is 0.0794 e. The molecule has 9 heavy (non-hydrogen) atoms. The Labute approximate surface area is 57.4 Å². The van der Waals surface area contributed by atoms with Gasteiger partial charge in [0, 0.05) is 17.5 Å². The van der Waals surface area contributed by atoms with Crippen molar-refractivity contribution in [2.24, 2.45) is 5.90 Å². The molecule has 0 atom stereocenters. The highest BCUT2D eigenvalue weighted by atomic mass is 32.1. The van der Waals surface area contributed by atoms with Gasteiger partial charge in [-0.3, -0.25) is 4.98 Å². The lowest BCUT2D eigenvalue weighted by Gasteiger charge is -1.91. The molecule has 0 radical (unpaired) electrons. The lowest BCUT2D eigenvalue weighted by molar-refractivity contribution is 0.141. The van der Waals surface area contributed by atoms with Crippen molar-refractivity contribution in [3.05, 3.63) is 16.6 Å². The summed E-state index contributed by atoms with van der Waals surface area (Å²) in [7, 11) is 0. The minimum absolute atomic E-state index is 0.572. The third-order valence-corrected chi connectivity index (χ3v) is 1.79. The van der Waals surface area contributed by atoms with E-state index in [1.165, 1.54) is 4.88 Å². The molecule has 0 saturated heterocycles. The zero-order chi connectivity index (χ0) is 6.53. The summed E-state index contributed by atoms with van der Waals surface area (Å²) in [6.45, 7) is 0.572. The molecule has 0 bridgehead atoms. The number of hydrogen-bond donors (Lipinski definition) is 1. The van der Waals surface area contributed by atoms with Crippen LogP contribution < -0.4 is 5.90 Å². The van der Waals surface area contributed by atoms with Crippen molar-refractivity contribution in [1.29, 1.82) is 0 Å². The van der Waals surface area contributed by atoms with Crippen molar-refractivity contribution in [3.8, 4) is 0 Å². The Kier molecular flexibility index (Phi) is 2.63. The maximum Gasteiger partial charge on any atom is 0.0794 e. The predicted octanol–water partition coefficient (Wildman–Crippen LogP) is 0.576. The molecule has 0 aliphatic carbocycles. The Balaban J connectivity index is 2.30. The molecule has 1 rings (SSSR count). The van der Waals surface area contributed by atoms with Gasteiger partial charge in [0.05, 0.1) is 12.1 Å². The molecule has 1 aromatic heterocycles. The second-order valence-electron chi connectivity index (χ2n) is 1.59. The van der Waals surface area contributed by atoms with Gasteiger partial charge in [-0.05, 0) is 0 Å². The van der Waals surface area contributed by atoms with Crippen LogP contribution in [0.15, 0.2) is 11.7 Å². The van der Waals surface area contributed by atoms with Crippen LogP contribution in [0.25, 0.3) is 0 Å². The molecule has 0 aromatic carbocycles. The molecule has 0 fully saturated rings. The first kappa shape index (κ1) is 6.67. The Bertz CT molecular complexity index is 152. The van der Waals surface area contributed by atoms with Crippen LogP contribution in [0.2, 0.25) is 0 Å². The summed E-state index contributed by atoms with van der Waals surface area (Å²) in [6.07, 6.45) is 2.69. The van der Waals surface area contributed by atoms with E-state index in [2.05, 4.69) is 9.82 Å². The van der Waals surface area contributed by atoms with Gasteiger partial charge in [-0.2, -0.15) is 0 Å². The normalized spacial score (nSPS) is 9.89. The Morgan fingerprint density at radius 3 is 3.22 bits per heavy atom. The molecule has 0 spiro atoms. The van der Waals surface area contributed by atoms with Crippen molar-refractivity contribution in [2.45, 2.75) is 6.42 Å². The predicted molar refractivity (Wildman–Crippen MR) is 36.0 cm³/mol. The summed E-state index contributed by atoms with van der Waals surface area (Å²) in [6, 6.07) is 0. The van der Waals surface area contributed by atoms with E-state index < -0.39 is 0 Å². The molecule has 4 heteroatoms. The van der Waals surface area contributed by atoms with E-state index in [0.29, 0.717) is 6.61 Å². The van der Waals surface area contributed by atoms with Crippen LogP contribution in [0.4, 0.5) is 0 Å². The summed E-state index contributed by atoms with van der Waals surface area (Å²) >= 11 is 1.62. The van der Waals surface area contributed by atoms with Crippen molar-refractivity contribution < 1.29 is 4.84 Å². The zero-order valence-corrected chi connectivity index (χ0v) is 5.73. The van der Waals surface area contributed by atoms with Crippen LogP contribution in [0, 0.1) is 0 Å². The van der Waals surface area contributed by atoms with Crippen molar-refractivity contribution in [1.82, 2.24) is 4.98 Å². The maximum absolute atomic E-state index is 4.83. The van der Waals surface area contributed by atoms with Gasteiger partial charge in [-0.1, -0.05) is 0 Å². The van der Waals surface area contributed by atoms with E-state index in [9.17, 15) is 0 Å². The summed E-state index contributed by atoms with van der Waals surface area (Å²) in [5, 5.41) is 0. The molecule has 1 aromatic rings. The second kappa shape index (κ2) is 3.55. The first-order valence-electron chi connectivity index (χ1n) is 2.62. The van der Waals surface area contributed by atoms with Crippen LogP contribution in [0.5, 0.6) is 0 Å². The van der Waals surface area contributed by atoms with Gasteiger partial charge in [0.2, 0.25) is 0 Å². The van der Waals surface area contributed by atoms with Crippen LogP contribution in [0.1, 0.15) is 4.88 Å². The fourth-order valence-electron chi connectivity index (χ4n) is 0.525. The Morgan fingerprint density at radius 1 is 1.78 bits per heavy atom. The van der Waals surface area contributed by atoms with Gasteiger partial charge >= 0.3 is 0 Å². The molecule has 0 amide bonds. The molecule has 50 valence electrons. The Morgan fingerprint density at radius 2 is 2.67 bits per heavy atom. The van der Waals surface area contributed by atoms with E-state index in [0.717, 1.165) is 6.42 Å². The first-order valence-corrected chi connectivity index (χ1v) is 3.50. The SMILES string of the molecule is NOCCc1cncs1. The standard InChI is InChI=1S/C5H8N2OS/c6-8-2-1-5-3-7-4-9-5/h3-4H,1-2,6H2. The summed E-state index contributed by atoms with van der Waals surface area (Å²) < 4.78 is 0. The van der Waals surface area contributed by atoms with Gasteiger partial charge < -0.3 is 4.84 Å². The number of aromatic nitrogens is 1. The average Bonchev–Trinajstić information content (AvgIpc) is 2.34. The first-order chi connectivity index (χ1) is 4.43. The lowest BCUT2D eigenvalue weighted by Crippen LogP contribution is -2.02. The summed E-state index contributed by atoms with van der Waals surface area (Å²) in [4.78, 5) is 9.50. The van der Waals surface area contributed by atoms with Crippen LogP contribution in [0.3, 0.4) is 0 Å². The highest BCUT2D eigenvalue weighted by Gasteiger charge is 1.91. The number of rotatable bonds is 3. The van der Waals surface area contributed by atoms with Gasteiger partial charge in [-0.25, -0.2) is 5.90 Å². The Hall–Kier alpha value is -0.450. The molecular formula is C5H8N2OS. The number of nitrogens with zero attached hydrogens (tertiary/aromatic N) is 1. The summed E-state index contributed by atoms with van der Waals surface area (Å²) in [5.74, 6) is 4.83. The molecule has 3 nitrogen and oxygen atoms in total. The molecular weight excluding hydrogens is 136 g/mol. The van der Waals surface area contributed by atoms with E-state index in [1.807, 2.05) is 6.20 Å². The van der Waals surface area contributed by atoms with Gasteiger partial charge in [0.15, 0.2) is 0 Å². The van der Waals surface area contributed by atoms with Gasteiger partial charge in [0.25, 0.3) is 0 Å². The molecule has 0 unspecified atom stereocenters. The lowest BCUT2D eigenvalue weighted by atomic mass is 10.4. The topological polar surface area (TPSA) is 48.1 Å². The largest absolute Gasteiger partial charge is 0.304 e. The van der Waals surface area contributed by atoms with E-state index >= 15 is 0 Å². The average molecular weight is 144 g/mol. The van der Waals surface area contributed by atoms with E-state index in [4.69, 9.17) is 5.90 Å². The van der Waals surface area contributed by atoms with Crippen LogP contribution in [-0.2, 0) is 11.3 Å². The van der Waals surface area contributed by atoms with E-state index in [1.54, 1.807) is 16.8 Å². The van der Waals surface area contributed by atoms with Crippen molar-refractivity contribution in [3.63, 3.8) is 0 Å². The molecule has 0 aliphatic rings. The highest BCUT2D eigenvalue weighted by molar-refractivity contribution is 7.09. The second-order valence-corrected chi connectivity index (χ2v) is 2.56. The minimum Gasteiger partial charge on any atom is -0.304 e. The molecule has 0 aliphatic heterocycles. The monoisotopic (exact) mass is 144 g/mol. The quantitative estimate of drug-likeness (QED) is 0.631. The molecule has 0 saturated carbocycles. The third-order valence-electron chi connectivity index (χ3n) is 0.950. The van der Waals surface area contributed by atoms with Crippen molar-refractivity contribution in [2.75, 3.05) is 6.61 Å². The van der Waals surface area contributed by atoms with E-state index in [-0.39, 0.29) is 0 Å². The maximum atomic E-state index is 4.83.